The van der Waals surface area contributed by atoms with Crippen molar-refractivity contribution in [1.29, 1.82) is 0 Å². The SMILES string of the molecule is CNC(=O)NC(CN)=C1CCC1. The minimum Gasteiger partial charge on any atom is -0.341 e. The molecule has 2 amide bonds. The first kappa shape index (κ1) is 9.06. The summed E-state index contributed by atoms with van der Waals surface area (Å²) in [6.45, 7) is 0.419. The van der Waals surface area contributed by atoms with Gasteiger partial charge in [-0.15, -0.1) is 0 Å². The van der Waals surface area contributed by atoms with E-state index in [-0.39, 0.29) is 6.03 Å². The summed E-state index contributed by atoms with van der Waals surface area (Å²) < 4.78 is 0. The number of nitrogens with two attached hydrogens (primary N) is 1. The van der Waals surface area contributed by atoms with Crippen LogP contribution >= 0.6 is 0 Å². The maximum atomic E-state index is 10.9. The van der Waals surface area contributed by atoms with E-state index in [4.69, 9.17) is 5.73 Å². The van der Waals surface area contributed by atoms with Crippen molar-refractivity contribution in [3.05, 3.63) is 11.3 Å². The van der Waals surface area contributed by atoms with Crippen molar-refractivity contribution in [2.24, 2.45) is 5.73 Å². The Balaban J connectivity index is 2.51. The molecule has 0 aliphatic heterocycles. The zero-order valence-corrected chi connectivity index (χ0v) is 7.31. The number of carbonyl (C=O) groups is 1. The molecule has 68 valence electrons. The second-order valence-electron chi connectivity index (χ2n) is 2.84. The van der Waals surface area contributed by atoms with Crippen molar-refractivity contribution in [3.8, 4) is 0 Å². The molecular formula is C8H15N3O. The van der Waals surface area contributed by atoms with E-state index in [1.165, 1.54) is 12.0 Å². The summed E-state index contributed by atoms with van der Waals surface area (Å²) in [7, 11) is 1.59. The lowest BCUT2D eigenvalue weighted by molar-refractivity contribution is 0.245. The Bertz CT molecular complexity index is 204. The Morgan fingerprint density at radius 3 is 2.58 bits per heavy atom. The van der Waals surface area contributed by atoms with Gasteiger partial charge < -0.3 is 16.4 Å². The topological polar surface area (TPSA) is 67.2 Å². The Kier molecular flexibility index (Phi) is 3.10. The normalized spacial score (nSPS) is 15.0. The molecule has 4 N–H and O–H groups in total. The van der Waals surface area contributed by atoms with Crippen LogP contribution in [0.2, 0.25) is 0 Å². The van der Waals surface area contributed by atoms with Gasteiger partial charge in [0.05, 0.1) is 0 Å². The molecule has 1 aliphatic rings. The smallest absolute Gasteiger partial charge is 0.318 e. The number of nitrogens with one attached hydrogen (secondary N) is 2. The van der Waals surface area contributed by atoms with Crippen LogP contribution < -0.4 is 16.4 Å². The summed E-state index contributed by atoms with van der Waals surface area (Å²) in [5, 5.41) is 5.22. The molecule has 0 aromatic carbocycles. The fourth-order valence-electron chi connectivity index (χ4n) is 1.14. The van der Waals surface area contributed by atoms with Crippen LogP contribution in [0.25, 0.3) is 0 Å². The molecule has 0 radical (unpaired) electrons. The van der Waals surface area contributed by atoms with Gasteiger partial charge in [-0.3, -0.25) is 0 Å². The Morgan fingerprint density at radius 2 is 2.25 bits per heavy atom. The third kappa shape index (κ3) is 1.98. The first-order valence-electron chi connectivity index (χ1n) is 4.17. The zero-order chi connectivity index (χ0) is 8.97. The summed E-state index contributed by atoms with van der Waals surface area (Å²) >= 11 is 0. The van der Waals surface area contributed by atoms with E-state index in [1.807, 2.05) is 0 Å². The molecule has 1 saturated carbocycles. The van der Waals surface area contributed by atoms with Gasteiger partial charge in [0.2, 0.25) is 0 Å². The van der Waals surface area contributed by atoms with E-state index < -0.39 is 0 Å². The lowest BCUT2D eigenvalue weighted by Gasteiger charge is -2.21. The maximum absolute atomic E-state index is 10.9. The summed E-state index contributed by atoms with van der Waals surface area (Å²) in [6, 6.07) is -0.185. The first-order valence-corrected chi connectivity index (χ1v) is 4.17. The molecule has 0 aromatic rings. The van der Waals surface area contributed by atoms with E-state index in [0.717, 1.165) is 18.5 Å². The Hall–Kier alpha value is -1.03. The van der Waals surface area contributed by atoms with Gasteiger partial charge >= 0.3 is 6.03 Å². The lowest BCUT2D eigenvalue weighted by atomic mass is 9.90. The van der Waals surface area contributed by atoms with E-state index in [1.54, 1.807) is 7.05 Å². The molecule has 0 heterocycles. The molecule has 1 rings (SSSR count). The quantitative estimate of drug-likeness (QED) is 0.557. The van der Waals surface area contributed by atoms with E-state index in [9.17, 15) is 4.79 Å². The average molecular weight is 169 g/mol. The van der Waals surface area contributed by atoms with Crippen LogP contribution in [-0.4, -0.2) is 19.6 Å². The van der Waals surface area contributed by atoms with Gasteiger partial charge in [-0.1, -0.05) is 0 Å². The van der Waals surface area contributed by atoms with Crippen molar-refractivity contribution in [2.75, 3.05) is 13.6 Å². The Morgan fingerprint density at radius 1 is 1.58 bits per heavy atom. The van der Waals surface area contributed by atoms with Crippen LogP contribution in [0.1, 0.15) is 19.3 Å². The van der Waals surface area contributed by atoms with Crippen molar-refractivity contribution in [3.63, 3.8) is 0 Å². The average Bonchev–Trinajstić information content (AvgIpc) is 1.99. The minimum atomic E-state index is -0.185. The van der Waals surface area contributed by atoms with Gasteiger partial charge in [0.15, 0.2) is 0 Å². The Labute approximate surface area is 72.2 Å². The largest absolute Gasteiger partial charge is 0.341 e. The highest BCUT2D eigenvalue weighted by Gasteiger charge is 2.14. The zero-order valence-electron chi connectivity index (χ0n) is 7.31. The number of rotatable bonds is 2. The van der Waals surface area contributed by atoms with Crippen LogP contribution in [0, 0.1) is 0 Å². The monoisotopic (exact) mass is 169 g/mol. The summed E-state index contributed by atoms with van der Waals surface area (Å²) in [4.78, 5) is 10.9. The van der Waals surface area contributed by atoms with Crippen LogP contribution in [-0.2, 0) is 0 Å². The summed E-state index contributed by atoms with van der Waals surface area (Å²) in [6.07, 6.45) is 3.38. The van der Waals surface area contributed by atoms with Crippen LogP contribution in [0.4, 0.5) is 4.79 Å². The summed E-state index contributed by atoms with van der Waals surface area (Å²) in [5.41, 5.74) is 7.67. The van der Waals surface area contributed by atoms with Gasteiger partial charge in [-0.25, -0.2) is 4.79 Å². The third-order valence-electron chi connectivity index (χ3n) is 2.08. The van der Waals surface area contributed by atoms with Crippen molar-refractivity contribution in [1.82, 2.24) is 10.6 Å². The number of amides is 2. The molecule has 4 heteroatoms. The van der Waals surface area contributed by atoms with E-state index in [0.29, 0.717) is 6.54 Å². The first-order chi connectivity index (χ1) is 5.77. The molecule has 0 atom stereocenters. The van der Waals surface area contributed by atoms with Gasteiger partial charge in [0, 0.05) is 19.3 Å². The van der Waals surface area contributed by atoms with E-state index >= 15 is 0 Å². The highest BCUT2D eigenvalue weighted by Crippen LogP contribution is 2.27. The number of urea groups is 1. The van der Waals surface area contributed by atoms with Gasteiger partial charge in [0.25, 0.3) is 0 Å². The number of carbonyl (C=O) groups excluding carboxylic acids is 1. The second kappa shape index (κ2) is 4.11. The van der Waals surface area contributed by atoms with Gasteiger partial charge in [0.1, 0.15) is 0 Å². The summed E-state index contributed by atoms with van der Waals surface area (Å²) in [5.74, 6) is 0. The molecule has 0 saturated heterocycles. The highest BCUT2D eigenvalue weighted by molar-refractivity contribution is 5.75. The van der Waals surface area contributed by atoms with Crippen molar-refractivity contribution in [2.45, 2.75) is 19.3 Å². The predicted octanol–water partition coefficient (Wildman–Crippen LogP) is 0.312. The standard InChI is InChI=1S/C8H15N3O/c1-10-8(12)11-7(5-9)6-3-2-4-6/h2-5,9H2,1H3,(H2,10,11,12). The van der Waals surface area contributed by atoms with Crippen LogP contribution in [0.3, 0.4) is 0 Å². The van der Waals surface area contributed by atoms with Crippen molar-refractivity contribution < 1.29 is 4.79 Å². The molecule has 4 nitrogen and oxygen atoms in total. The lowest BCUT2D eigenvalue weighted by Crippen LogP contribution is -2.36. The minimum absolute atomic E-state index is 0.185. The number of allylic oxidation sites excluding steroid dienone is 1. The molecule has 1 aliphatic carbocycles. The molecule has 0 bridgehead atoms. The number of hydrogen-bond acceptors (Lipinski definition) is 2. The highest BCUT2D eigenvalue weighted by atomic mass is 16.2. The predicted molar refractivity (Wildman–Crippen MR) is 47.5 cm³/mol. The van der Waals surface area contributed by atoms with Crippen molar-refractivity contribution >= 4 is 6.03 Å². The van der Waals surface area contributed by atoms with Gasteiger partial charge in [-0.05, 0) is 24.8 Å². The molecule has 0 aromatic heterocycles. The molecular weight excluding hydrogens is 154 g/mol. The second-order valence-corrected chi connectivity index (χ2v) is 2.84. The molecule has 1 fully saturated rings. The van der Waals surface area contributed by atoms with Crippen LogP contribution in [0.15, 0.2) is 11.3 Å². The fourth-order valence-corrected chi connectivity index (χ4v) is 1.14. The molecule has 0 unspecified atom stereocenters. The molecule has 12 heavy (non-hydrogen) atoms. The van der Waals surface area contributed by atoms with E-state index in [2.05, 4.69) is 10.6 Å². The molecule has 0 spiro atoms. The number of hydrogen-bond donors (Lipinski definition) is 3. The van der Waals surface area contributed by atoms with Crippen LogP contribution in [0.5, 0.6) is 0 Å². The maximum Gasteiger partial charge on any atom is 0.318 e. The fraction of sp³-hybridized carbons (Fsp3) is 0.625. The van der Waals surface area contributed by atoms with Gasteiger partial charge in [-0.2, -0.15) is 0 Å². The third-order valence-corrected chi connectivity index (χ3v) is 2.08.